The van der Waals surface area contributed by atoms with Crippen molar-refractivity contribution in [3.8, 4) is 0 Å². The molecule has 0 spiro atoms. The van der Waals surface area contributed by atoms with Crippen molar-refractivity contribution in [2.75, 3.05) is 0 Å². The van der Waals surface area contributed by atoms with Gasteiger partial charge in [-0.1, -0.05) is 106 Å². The van der Waals surface area contributed by atoms with Gasteiger partial charge in [0.15, 0.2) is 0 Å². The molecule has 0 atom stereocenters. The molecule has 4 rings (SSSR count). The Morgan fingerprint density at radius 3 is 1.20 bits per heavy atom. The monoisotopic (exact) mass is 736 g/mol. The predicted molar refractivity (Wildman–Crippen MR) is 176 cm³/mol. The van der Waals surface area contributed by atoms with Crippen LogP contribution in [0.4, 0.5) is 0 Å². The van der Waals surface area contributed by atoms with Gasteiger partial charge in [-0.25, -0.2) is 35.4 Å². The number of halogens is 2. The zero-order valence-electron chi connectivity index (χ0n) is 26.1. The molecule has 0 amide bonds. The van der Waals surface area contributed by atoms with Crippen molar-refractivity contribution in [1.82, 2.24) is 0 Å². The molecule has 0 nitrogen and oxygen atoms in total. The van der Waals surface area contributed by atoms with Crippen LogP contribution in [0.25, 0.3) is 0 Å². The average molecular weight is 740 g/mol. The molecule has 0 saturated carbocycles. The first-order chi connectivity index (χ1) is 17.5. The third-order valence-corrected chi connectivity index (χ3v) is 6.16. The van der Waals surface area contributed by atoms with E-state index in [0.717, 1.165) is 12.8 Å². The summed E-state index contributed by atoms with van der Waals surface area (Å²) in [5.41, 5.74) is 8.57. The summed E-state index contributed by atoms with van der Waals surface area (Å²) in [4.78, 5) is 0. The van der Waals surface area contributed by atoms with Crippen molar-refractivity contribution in [2.45, 2.75) is 119 Å². The predicted octanol–water partition coefficient (Wildman–Crippen LogP) is 11.9. The van der Waals surface area contributed by atoms with Gasteiger partial charge in [-0.15, -0.1) is 37.7 Å². The van der Waals surface area contributed by atoms with Crippen LogP contribution < -0.4 is 0 Å². The molecule has 0 saturated heterocycles. The summed E-state index contributed by atoms with van der Waals surface area (Å²) in [5.74, 6) is 0. The average Bonchev–Trinajstić information content (AvgIpc) is 3.69. The van der Waals surface area contributed by atoms with Crippen LogP contribution in [-0.4, -0.2) is 0 Å². The van der Waals surface area contributed by atoms with Crippen molar-refractivity contribution in [1.29, 1.82) is 0 Å². The van der Waals surface area contributed by atoms with Gasteiger partial charge in [-0.05, 0) is 0 Å². The Kier molecular flexibility index (Phi) is 37.5. The van der Waals surface area contributed by atoms with Crippen molar-refractivity contribution in [3.63, 3.8) is 0 Å². The third-order valence-electron chi connectivity index (χ3n) is 6.16. The minimum Gasteiger partial charge on any atom is -0.269 e. The zero-order valence-corrected chi connectivity index (χ0v) is 32.6. The zero-order chi connectivity index (χ0) is 26.4. The van der Waals surface area contributed by atoms with Crippen LogP contribution in [0.3, 0.4) is 0 Å². The van der Waals surface area contributed by atoms with Crippen LogP contribution in [-0.2, 0) is 65.2 Å². The van der Waals surface area contributed by atoms with Gasteiger partial charge in [0.05, 0.1) is 0 Å². The molecule has 0 bridgehead atoms. The van der Waals surface area contributed by atoms with E-state index in [-0.39, 0.29) is 77.2 Å². The maximum Gasteiger partial charge on any atom is 2.00 e. The SMILES string of the molecule is CCCCC1=[C-]CC=C1.CCCCC1=[C-]CC=C1.CCCc1cc[c-](C)c1.CCCc1cc[c-](C)c1.Cl.Cl.[Zr+2].[Zr+2]. The maximum atomic E-state index is 3.30. The molecule has 2 aromatic rings. The van der Waals surface area contributed by atoms with Gasteiger partial charge >= 0.3 is 52.4 Å². The molecule has 0 heterocycles. The minimum atomic E-state index is 0. The Hall–Kier alpha value is 0.00623. The summed E-state index contributed by atoms with van der Waals surface area (Å²) in [7, 11) is 0. The van der Waals surface area contributed by atoms with Crippen molar-refractivity contribution < 1.29 is 52.4 Å². The molecular weight excluding hydrogens is 686 g/mol. The van der Waals surface area contributed by atoms with Gasteiger partial charge in [-0.2, -0.15) is 58.7 Å². The van der Waals surface area contributed by atoms with Gasteiger partial charge < -0.3 is 0 Å². The first-order valence-electron chi connectivity index (χ1n) is 14.5. The molecule has 0 aliphatic heterocycles. The molecule has 4 heteroatoms. The fourth-order valence-electron chi connectivity index (χ4n) is 4.12. The smallest absolute Gasteiger partial charge is 0.269 e. The largest absolute Gasteiger partial charge is 2.00 e. The number of unbranched alkanes of at least 4 members (excludes halogenated alkanes) is 2. The summed E-state index contributed by atoms with van der Waals surface area (Å²) in [6.07, 6.45) is 30.0. The van der Waals surface area contributed by atoms with E-state index < -0.39 is 0 Å². The van der Waals surface area contributed by atoms with Crippen LogP contribution >= 0.6 is 24.8 Å². The van der Waals surface area contributed by atoms with E-state index in [9.17, 15) is 0 Å². The maximum absolute atomic E-state index is 3.30. The van der Waals surface area contributed by atoms with E-state index in [2.05, 4.69) is 114 Å². The molecule has 0 aromatic heterocycles. The molecule has 2 aromatic carbocycles. The Labute approximate surface area is 299 Å². The molecule has 2 aliphatic carbocycles. The quantitative estimate of drug-likeness (QED) is 0.213. The Morgan fingerprint density at radius 2 is 0.975 bits per heavy atom. The van der Waals surface area contributed by atoms with Crippen molar-refractivity contribution >= 4 is 24.8 Å². The van der Waals surface area contributed by atoms with Gasteiger partial charge in [0.25, 0.3) is 0 Å². The van der Waals surface area contributed by atoms with Gasteiger partial charge in [-0.3, -0.25) is 12.2 Å². The first-order valence-corrected chi connectivity index (χ1v) is 14.5. The van der Waals surface area contributed by atoms with E-state index in [4.69, 9.17) is 0 Å². The molecular formula is C36H54Cl2Zr2. The number of rotatable bonds is 10. The third kappa shape index (κ3) is 24.6. The van der Waals surface area contributed by atoms with Crippen LogP contribution in [0.15, 0.2) is 71.8 Å². The van der Waals surface area contributed by atoms with Gasteiger partial charge in [0.1, 0.15) is 0 Å². The summed E-state index contributed by atoms with van der Waals surface area (Å²) >= 11 is 0. The number of hydrogen-bond acceptors (Lipinski definition) is 0. The number of aryl methyl sites for hydroxylation is 4. The molecule has 2 aliphatic rings. The van der Waals surface area contributed by atoms with E-state index in [1.807, 2.05) is 0 Å². The molecule has 0 fully saturated rings. The van der Waals surface area contributed by atoms with E-state index in [1.54, 1.807) is 0 Å². The topological polar surface area (TPSA) is 0 Å². The fourth-order valence-corrected chi connectivity index (χ4v) is 4.12. The van der Waals surface area contributed by atoms with Crippen LogP contribution in [0, 0.1) is 26.0 Å². The molecule has 0 N–H and O–H groups in total. The minimum absolute atomic E-state index is 0. The number of hydrogen-bond donors (Lipinski definition) is 0. The van der Waals surface area contributed by atoms with Crippen molar-refractivity contribution in [3.05, 3.63) is 106 Å². The van der Waals surface area contributed by atoms with Crippen LogP contribution in [0.5, 0.6) is 0 Å². The Bertz CT molecular complexity index is 852. The van der Waals surface area contributed by atoms with E-state index in [0.29, 0.717) is 0 Å². The van der Waals surface area contributed by atoms with Crippen LogP contribution in [0.1, 0.15) is 114 Å². The summed E-state index contributed by atoms with van der Waals surface area (Å²) < 4.78 is 0. The van der Waals surface area contributed by atoms with Gasteiger partial charge in [0, 0.05) is 0 Å². The molecule has 0 radical (unpaired) electrons. The summed E-state index contributed by atoms with van der Waals surface area (Å²) in [6.45, 7) is 13.1. The van der Waals surface area contributed by atoms with Gasteiger partial charge in [0.2, 0.25) is 0 Å². The summed E-state index contributed by atoms with van der Waals surface area (Å²) in [5, 5.41) is 0. The summed E-state index contributed by atoms with van der Waals surface area (Å²) in [6, 6.07) is 13.3. The molecule has 40 heavy (non-hydrogen) atoms. The van der Waals surface area contributed by atoms with Crippen molar-refractivity contribution in [2.24, 2.45) is 0 Å². The first kappa shape index (κ1) is 47.0. The molecule has 220 valence electrons. The van der Waals surface area contributed by atoms with E-state index >= 15 is 0 Å². The number of allylic oxidation sites excluding steroid dienone is 8. The Morgan fingerprint density at radius 1 is 0.600 bits per heavy atom. The standard InChI is InChI=1S/4C9H13.2ClH.2Zr/c2*1-3-4-9-6-5-8(2)7-9;2*1-2-3-6-9-7-4-5-8-9;;;;/h2*5-7H,3-4H2,1-2H3;2*4,7H,2-3,5-6H2,1H3;2*1H;;/q4*-1;;;2*+2. The second-order valence-corrected chi connectivity index (χ2v) is 9.92. The Balaban J connectivity index is -0.000000209. The van der Waals surface area contributed by atoms with E-state index in [1.165, 1.54) is 97.6 Å². The normalized spacial score (nSPS) is 11.8. The fraction of sp³-hybridized carbons (Fsp3) is 0.500. The van der Waals surface area contributed by atoms with Crippen LogP contribution in [0.2, 0.25) is 0 Å². The second-order valence-electron chi connectivity index (χ2n) is 9.92. The molecule has 0 unspecified atom stereocenters. The second kappa shape index (κ2) is 31.9.